The molecular weight excluding hydrogens is 366 g/mol. The Morgan fingerprint density at radius 3 is 2.03 bits per heavy atom. The first-order valence-corrected chi connectivity index (χ1v) is 9.30. The van der Waals surface area contributed by atoms with Gasteiger partial charge in [-0.2, -0.15) is 0 Å². The van der Waals surface area contributed by atoms with Crippen LogP contribution in [0.1, 0.15) is 17.0 Å². The van der Waals surface area contributed by atoms with E-state index in [1.54, 1.807) is 48.6 Å². The Morgan fingerprint density at radius 2 is 1.45 bits per heavy atom. The summed E-state index contributed by atoms with van der Waals surface area (Å²) in [6, 6.07) is 27.3. The molecule has 0 N–H and O–H groups in total. The highest BCUT2D eigenvalue weighted by Crippen LogP contribution is 2.29. The van der Waals surface area contributed by atoms with Crippen molar-refractivity contribution in [3.8, 4) is 5.75 Å². The fraction of sp³-hybridized carbons (Fsp3) is 0.125. The van der Waals surface area contributed by atoms with Gasteiger partial charge in [0.05, 0.1) is 11.8 Å². The lowest BCUT2D eigenvalue weighted by molar-refractivity contribution is -0.484. The van der Waals surface area contributed by atoms with Crippen molar-refractivity contribution in [3.05, 3.63) is 118 Å². The van der Waals surface area contributed by atoms with Crippen molar-refractivity contribution >= 4 is 12.0 Å². The summed E-state index contributed by atoms with van der Waals surface area (Å²) in [5.41, 5.74) is 1.62. The van der Waals surface area contributed by atoms with Crippen LogP contribution >= 0.6 is 0 Å². The first-order chi connectivity index (χ1) is 14.1. The summed E-state index contributed by atoms with van der Waals surface area (Å²) in [4.78, 5) is 24.0. The SMILES string of the molecule is O=C(Oc1ccccc1)[C@@H](/C=C/c1ccccc1)[C@H](C[N+](=O)[O-])c1ccccc1. The standard InChI is InChI=1S/C24H21NO4/c26-24(29-21-14-8-3-9-15-21)22(17-16-19-10-4-1-5-11-19)23(18-25(27)28)20-12-6-2-7-13-20/h1-17,22-23H,18H2/b17-16+/t22-,23+/m0/s1. The molecule has 0 unspecified atom stereocenters. The second-order valence-electron chi connectivity index (χ2n) is 6.56. The quantitative estimate of drug-likeness (QED) is 0.236. The molecule has 0 aromatic heterocycles. The maximum absolute atomic E-state index is 13.0. The van der Waals surface area contributed by atoms with Gasteiger partial charge >= 0.3 is 5.97 Å². The molecule has 3 rings (SSSR count). The van der Waals surface area contributed by atoms with Crippen LogP contribution in [0, 0.1) is 16.0 Å². The molecule has 0 aliphatic carbocycles. The van der Waals surface area contributed by atoms with Crippen LogP contribution in [0.5, 0.6) is 5.75 Å². The van der Waals surface area contributed by atoms with Crippen LogP contribution in [-0.4, -0.2) is 17.4 Å². The van der Waals surface area contributed by atoms with Gasteiger partial charge in [-0.15, -0.1) is 0 Å². The van der Waals surface area contributed by atoms with Gasteiger partial charge in [-0.3, -0.25) is 14.9 Å². The van der Waals surface area contributed by atoms with E-state index in [-0.39, 0.29) is 6.54 Å². The molecule has 3 aromatic carbocycles. The number of nitro groups is 1. The zero-order chi connectivity index (χ0) is 20.5. The van der Waals surface area contributed by atoms with Crippen LogP contribution in [0.25, 0.3) is 6.08 Å². The van der Waals surface area contributed by atoms with Gasteiger partial charge in [0, 0.05) is 4.92 Å². The maximum Gasteiger partial charge on any atom is 0.319 e. The average molecular weight is 387 g/mol. The van der Waals surface area contributed by atoms with E-state index in [1.165, 1.54) is 0 Å². The summed E-state index contributed by atoms with van der Waals surface area (Å²) in [5.74, 6) is -1.59. The van der Waals surface area contributed by atoms with Gasteiger partial charge in [-0.25, -0.2) is 0 Å². The first kappa shape index (κ1) is 20.0. The Hall–Kier alpha value is -3.73. The summed E-state index contributed by atoms with van der Waals surface area (Å²) in [5, 5.41) is 11.4. The molecule has 0 radical (unpaired) electrons. The fourth-order valence-electron chi connectivity index (χ4n) is 3.12. The van der Waals surface area contributed by atoms with Crippen molar-refractivity contribution < 1.29 is 14.5 Å². The molecule has 0 saturated heterocycles. The fourth-order valence-corrected chi connectivity index (χ4v) is 3.12. The Bertz CT molecular complexity index is 956. The number of benzene rings is 3. The normalized spacial score (nSPS) is 13.0. The number of carbonyl (C=O) groups excluding carboxylic acids is 1. The lowest BCUT2D eigenvalue weighted by atomic mass is 9.85. The highest BCUT2D eigenvalue weighted by Gasteiger charge is 2.33. The van der Waals surface area contributed by atoms with Crippen molar-refractivity contribution in [1.82, 2.24) is 0 Å². The molecule has 0 aliphatic heterocycles. The molecule has 0 spiro atoms. The van der Waals surface area contributed by atoms with E-state index < -0.39 is 22.7 Å². The Balaban J connectivity index is 1.95. The molecule has 3 aromatic rings. The van der Waals surface area contributed by atoms with Crippen LogP contribution < -0.4 is 4.74 Å². The smallest absolute Gasteiger partial charge is 0.319 e. The Labute approximate surface area is 169 Å². The van der Waals surface area contributed by atoms with E-state index in [4.69, 9.17) is 4.74 Å². The number of ether oxygens (including phenoxy) is 1. The average Bonchev–Trinajstić information content (AvgIpc) is 2.75. The second kappa shape index (κ2) is 9.99. The monoisotopic (exact) mass is 387 g/mol. The summed E-state index contributed by atoms with van der Waals surface area (Å²) in [7, 11) is 0. The Morgan fingerprint density at radius 1 is 0.897 bits per heavy atom. The molecule has 0 aliphatic rings. The molecule has 0 amide bonds. The van der Waals surface area contributed by atoms with Gasteiger partial charge < -0.3 is 4.74 Å². The van der Waals surface area contributed by atoms with E-state index >= 15 is 0 Å². The molecule has 2 atom stereocenters. The molecule has 146 valence electrons. The number of hydrogen-bond acceptors (Lipinski definition) is 4. The molecule has 29 heavy (non-hydrogen) atoms. The van der Waals surface area contributed by atoms with Gasteiger partial charge in [0.15, 0.2) is 0 Å². The highest BCUT2D eigenvalue weighted by atomic mass is 16.6. The van der Waals surface area contributed by atoms with Crippen LogP contribution in [0.3, 0.4) is 0 Å². The third-order valence-electron chi connectivity index (χ3n) is 4.54. The topological polar surface area (TPSA) is 69.4 Å². The Kier molecular flexibility index (Phi) is 6.90. The first-order valence-electron chi connectivity index (χ1n) is 9.30. The van der Waals surface area contributed by atoms with Gasteiger partial charge in [-0.05, 0) is 23.3 Å². The third kappa shape index (κ3) is 5.87. The highest BCUT2D eigenvalue weighted by molar-refractivity contribution is 5.79. The van der Waals surface area contributed by atoms with Crippen molar-refractivity contribution in [1.29, 1.82) is 0 Å². The van der Waals surface area contributed by atoms with Gasteiger partial charge in [-0.1, -0.05) is 91.0 Å². The van der Waals surface area contributed by atoms with Gasteiger partial charge in [0.1, 0.15) is 5.75 Å². The number of nitrogens with zero attached hydrogens (tertiary/aromatic N) is 1. The zero-order valence-electron chi connectivity index (χ0n) is 15.8. The van der Waals surface area contributed by atoms with Crippen molar-refractivity contribution in [3.63, 3.8) is 0 Å². The van der Waals surface area contributed by atoms with Gasteiger partial charge in [0.2, 0.25) is 6.54 Å². The molecular formula is C24H21NO4. The molecule has 5 heteroatoms. The minimum Gasteiger partial charge on any atom is -0.426 e. The van der Waals surface area contributed by atoms with Crippen LogP contribution in [0.4, 0.5) is 0 Å². The summed E-state index contributed by atoms with van der Waals surface area (Å²) < 4.78 is 5.54. The predicted octanol–water partition coefficient (Wildman–Crippen LogP) is 4.98. The largest absolute Gasteiger partial charge is 0.426 e. The summed E-state index contributed by atoms with van der Waals surface area (Å²) in [6.45, 7) is -0.377. The van der Waals surface area contributed by atoms with E-state index in [2.05, 4.69) is 0 Å². The maximum atomic E-state index is 13.0. The molecule has 0 heterocycles. The number of hydrogen-bond donors (Lipinski definition) is 0. The number of para-hydroxylation sites is 1. The van der Waals surface area contributed by atoms with E-state index in [9.17, 15) is 14.9 Å². The van der Waals surface area contributed by atoms with E-state index in [0.717, 1.165) is 11.1 Å². The lowest BCUT2D eigenvalue weighted by Gasteiger charge is -2.21. The second-order valence-corrected chi connectivity index (χ2v) is 6.56. The van der Waals surface area contributed by atoms with Crippen molar-refractivity contribution in [2.24, 2.45) is 5.92 Å². The minimum atomic E-state index is -0.816. The van der Waals surface area contributed by atoms with Crippen LogP contribution in [0.2, 0.25) is 0 Å². The summed E-state index contributed by atoms with van der Waals surface area (Å²) >= 11 is 0. The van der Waals surface area contributed by atoms with E-state index in [0.29, 0.717) is 5.75 Å². The van der Waals surface area contributed by atoms with Crippen molar-refractivity contribution in [2.45, 2.75) is 5.92 Å². The number of carbonyl (C=O) groups is 1. The number of esters is 1. The third-order valence-corrected chi connectivity index (χ3v) is 4.54. The summed E-state index contributed by atoms with van der Waals surface area (Å²) in [6.07, 6.45) is 3.49. The minimum absolute atomic E-state index is 0.377. The number of rotatable bonds is 8. The van der Waals surface area contributed by atoms with Gasteiger partial charge in [0.25, 0.3) is 0 Å². The molecule has 0 fully saturated rings. The van der Waals surface area contributed by atoms with E-state index in [1.807, 2.05) is 54.6 Å². The molecule has 5 nitrogen and oxygen atoms in total. The van der Waals surface area contributed by atoms with Crippen LogP contribution in [0.15, 0.2) is 97.1 Å². The van der Waals surface area contributed by atoms with Crippen LogP contribution in [-0.2, 0) is 4.79 Å². The molecule has 0 saturated carbocycles. The lowest BCUT2D eigenvalue weighted by Crippen LogP contribution is -2.29. The predicted molar refractivity (Wildman–Crippen MR) is 112 cm³/mol. The molecule has 0 bridgehead atoms. The van der Waals surface area contributed by atoms with Crippen molar-refractivity contribution in [2.75, 3.05) is 6.54 Å². The zero-order valence-corrected chi connectivity index (χ0v) is 15.8.